The van der Waals surface area contributed by atoms with E-state index in [2.05, 4.69) is 21.2 Å². The predicted octanol–water partition coefficient (Wildman–Crippen LogP) is 1.43. The summed E-state index contributed by atoms with van der Waals surface area (Å²) in [6.45, 7) is 1.94. The highest BCUT2D eigenvalue weighted by molar-refractivity contribution is 5.90. The second-order valence-corrected chi connectivity index (χ2v) is 2.07. The fourth-order valence-electron chi connectivity index (χ4n) is 0.508. The van der Waals surface area contributed by atoms with E-state index in [9.17, 15) is 4.79 Å². The van der Waals surface area contributed by atoms with Crippen LogP contribution >= 0.6 is 0 Å². The van der Waals surface area contributed by atoms with E-state index in [0.717, 1.165) is 6.42 Å². The number of hydrogen-bond donors (Lipinski definition) is 2. The lowest BCUT2D eigenvalue weighted by Crippen LogP contribution is -2.18. The molecule has 0 saturated heterocycles. The Kier molecular flexibility index (Phi) is 9.83. The monoisotopic (exact) mass is 195 g/mol. The lowest BCUT2D eigenvalue weighted by Gasteiger charge is -1.90. The van der Waals surface area contributed by atoms with Crippen molar-refractivity contribution in [1.29, 1.82) is 0 Å². The summed E-state index contributed by atoms with van der Waals surface area (Å²) in [6, 6.07) is 0. The van der Waals surface area contributed by atoms with E-state index in [1.165, 1.54) is 6.20 Å². The van der Waals surface area contributed by atoms with Crippen LogP contribution in [0.25, 0.3) is 0 Å². The smallest absolute Gasteiger partial charge is 0.286 e. The molecule has 78 valence electrons. The first-order valence-electron chi connectivity index (χ1n) is 3.91. The van der Waals surface area contributed by atoms with Crippen LogP contribution in [0.15, 0.2) is 12.4 Å². The molecule has 0 aliphatic heterocycles. The second-order valence-electron chi connectivity index (χ2n) is 2.07. The van der Waals surface area contributed by atoms with Gasteiger partial charge in [-0.1, -0.05) is 14.4 Å². The first-order valence-corrected chi connectivity index (χ1v) is 3.91. The van der Waals surface area contributed by atoms with E-state index in [0.29, 0.717) is 5.82 Å². The number of carbonyl (C=O) groups excluding carboxylic acids is 1. The van der Waals surface area contributed by atoms with Gasteiger partial charge in [0.15, 0.2) is 5.82 Å². The third-order valence-electron chi connectivity index (χ3n) is 1.14. The average molecular weight is 195 g/mol. The Bertz CT molecular complexity index is 272. The van der Waals surface area contributed by atoms with Crippen molar-refractivity contribution in [1.82, 2.24) is 15.3 Å². The van der Waals surface area contributed by atoms with E-state index in [4.69, 9.17) is 6.42 Å². The van der Waals surface area contributed by atoms with Gasteiger partial charge in [-0.3, -0.25) is 4.79 Å². The maximum absolute atomic E-state index is 10.7. The minimum absolute atomic E-state index is 0. The number of H-pyrrole nitrogens is 1. The molecule has 2 N–H and O–H groups in total. The van der Waals surface area contributed by atoms with E-state index in [-0.39, 0.29) is 13.3 Å². The molecule has 0 aliphatic rings. The molecule has 0 saturated carbocycles. The molecule has 4 heteroatoms. The van der Waals surface area contributed by atoms with Gasteiger partial charge in [-0.15, -0.1) is 12.3 Å². The van der Waals surface area contributed by atoms with Crippen molar-refractivity contribution in [2.75, 3.05) is 7.05 Å². The number of carbonyl (C=O) groups is 1. The van der Waals surface area contributed by atoms with E-state index < -0.39 is 0 Å². The first kappa shape index (κ1) is 14.7. The van der Waals surface area contributed by atoms with Crippen LogP contribution in [-0.2, 0) is 0 Å². The van der Waals surface area contributed by atoms with Crippen LogP contribution in [0, 0.1) is 12.3 Å². The Hall–Kier alpha value is -1.76. The average Bonchev–Trinajstić information content (AvgIpc) is 2.70. The first-order chi connectivity index (χ1) is 6.26. The van der Waals surface area contributed by atoms with Crippen LogP contribution in [0.3, 0.4) is 0 Å². The van der Waals surface area contributed by atoms with Crippen LogP contribution in [-0.4, -0.2) is 22.9 Å². The third kappa shape index (κ3) is 5.84. The minimum atomic E-state index is -0.194. The van der Waals surface area contributed by atoms with Gasteiger partial charge in [0.2, 0.25) is 0 Å². The second kappa shape index (κ2) is 9.33. The molecular weight excluding hydrogens is 178 g/mol. The Morgan fingerprint density at radius 3 is 2.64 bits per heavy atom. The molecule has 0 unspecified atom stereocenters. The highest BCUT2D eigenvalue weighted by Gasteiger charge is 2.01. The number of amides is 1. The van der Waals surface area contributed by atoms with Crippen molar-refractivity contribution in [2.45, 2.75) is 20.8 Å². The van der Waals surface area contributed by atoms with Crippen LogP contribution in [0.1, 0.15) is 31.4 Å². The van der Waals surface area contributed by atoms with Crippen LogP contribution < -0.4 is 5.32 Å². The van der Waals surface area contributed by atoms with Gasteiger partial charge in [0, 0.05) is 25.9 Å². The summed E-state index contributed by atoms with van der Waals surface area (Å²) in [5.41, 5.74) is 0. The molecule has 1 aromatic heterocycles. The van der Waals surface area contributed by atoms with Crippen molar-refractivity contribution >= 4 is 5.91 Å². The highest BCUT2D eigenvalue weighted by atomic mass is 16.2. The zero-order chi connectivity index (χ0) is 10.1. The number of hydrogen-bond acceptors (Lipinski definition) is 2. The summed E-state index contributed by atoms with van der Waals surface area (Å²) in [5.74, 6) is 2.58. The van der Waals surface area contributed by atoms with Gasteiger partial charge < -0.3 is 10.3 Å². The summed E-state index contributed by atoms with van der Waals surface area (Å²) in [7, 11) is 1.56. The fraction of sp³-hybridized carbons (Fsp3) is 0.400. The lowest BCUT2D eigenvalue weighted by molar-refractivity contribution is 0.0954. The SMILES string of the molecule is C.C#CCC.CNC(=O)c1ncc[nH]1. The van der Waals surface area contributed by atoms with Gasteiger partial charge >= 0.3 is 0 Å². The standard InChI is InChI=1S/C5H7N3O.C4H6.CH4/c1-6-5(9)4-7-2-3-8-4;1-3-4-2;/h2-3H,1H3,(H,6,9)(H,7,8);1H,4H2,2H3;1H4. The zero-order valence-corrected chi connectivity index (χ0v) is 7.79. The summed E-state index contributed by atoms with van der Waals surface area (Å²) in [5, 5.41) is 2.43. The molecule has 0 atom stereocenters. The zero-order valence-electron chi connectivity index (χ0n) is 7.79. The van der Waals surface area contributed by atoms with Crippen molar-refractivity contribution in [2.24, 2.45) is 0 Å². The molecule has 1 aromatic rings. The fourth-order valence-corrected chi connectivity index (χ4v) is 0.508. The van der Waals surface area contributed by atoms with Crippen molar-refractivity contribution in [3.63, 3.8) is 0 Å². The molecular formula is C10H17N3O. The van der Waals surface area contributed by atoms with Crippen molar-refractivity contribution < 1.29 is 4.79 Å². The molecule has 1 heterocycles. The molecule has 0 bridgehead atoms. The van der Waals surface area contributed by atoms with E-state index in [1.54, 1.807) is 13.2 Å². The van der Waals surface area contributed by atoms with Crippen LogP contribution in [0.2, 0.25) is 0 Å². The van der Waals surface area contributed by atoms with Crippen LogP contribution in [0.5, 0.6) is 0 Å². The number of terminal acetylenes is 1. The van der Waals surface area contributed by atoms with E-state index >= 15 is 0 Å². The number of nitrogens with zero attached hydrogens (tertiary/aromatic N) is 1. The maximum atomic E-state index is 10.7. The Labute approximate surface area is 85.1 Å². The van der Waals surface area contributed by atoms with Gasteiger partial charge in [0.1, 0.15) is 0 Å². The summed E-state index contributed by atoms with van der Waals surface area (Å²) >= 11 is 0. The number of rotatable bonds is 1. The number of imidazole rings is 1. The van der Waals surface area contributed by atoms with Gasteiger partial charge in [0.05, 0.1) is 0 Å². The predicted molar refractivity (Wildman–Crippen MR) is 57.8 cm³/mol. The molecule has 0 fully saturated rings. The molecule has 0 aromatic carbocycles. The molecule has 1 amide bonds. The van der Waals surface area contributed by atoms with Gasteiger partial charge in [-0.2, -0.15) is 0 Å². The summed E-state index contributed by atoms with van der Waals surface area (Å²) < 4.78 is 0. The lowest BCUT2D eigenvalue weighted by atomic mass is 10.5. The topological polar surface area (TPSA) is 57.8 Å². The molecule has 1 rings (SSSR count). The highest BCUT2D eigenvalue weighted by Crippen LogP contribution is 1.84. The number of nitrogens with one attached hydrogen (secondary N) is 2. The number of aromatic nitrogens is 2. The van der Waals surface area contributed by atoms with Gasteiger partial charge in [0.25, 0.3) is 5.91 Å². The molecule has 0 spiro atoms. The Balaban J connectivity index is 0. The van der Waals surface area contributed by atoms with E-state index in [1.807, 2.05) is 6.92 Å². The van der Waals surface area contributed by atoms with Gasteiger partial charge in [-0.05, 0) is 0 Å². The molecule has 4 nitrogen and oxygen atoms in total. The minimum Gasteiger partial charge on any atom is -0.352 e. The van der Waals surface area contributed by atoms with Crippen molar-refractivity contribution in [3.8, 4) is 12.3 Å². The maximum Gasteiger partial charge on any atom is 0.286 e. The molecule has 0 aliphatic carbocycles. The van der Waals surface area contributed by atoms with Crippen LogP contribution in [0.4, 0.5) is 0 Å². The molecule has 14 heavy (non-hydrogen) atoms. The summed E-state index contributed by atoms with van der Waals surface area (Å²) in [4.78, 5) is 17.1. The quantitative estimate of drug-likeness (QED) is 0.666. The van der Waals surface area contributed by atoms with Crippen molar-refractivity contribution in [3.05, 3.63) is 18.2 Å². The largest absolute Gasteiger partial charge is 0.352 e. The Morgan fingerprint density at radius 1 is 1.79 bits per heavy atom. The Morgan fingerprint density at radius 2 is 2.36 bits per heavy atom. The third-order valence-corrected chi connectivity index (χ3v) is 1.14. The summed E-state index contributed by atoms with van der Waals surface area (Å²) in [6.07, 6.45) is 8.76. The molecule has 0 radical (unpaired) electrons. The van der Waals surface area contributed by atoms with Gasteiger partial charge in [-0.25, -0.2) is 4.98 Å². The number of aromatic amines is 1. The normalized spacial score (nSPS) is 7.21.